The van der Waals surface area contributed by atoms with Crippen molar-refractivity contribution in [2.45, 2.75) is 39.0 Å². The highest BCUT2D eigenvalue weighted by Crippen LogP contribution is 2.44. The first-order chi connectivity index (χ1) is 18.0. The zero-order valence-electron chi connectivity index (χ0n) is 21.6. The number of aromatic nitrogens is 2. The van der Waals surface area contributed by atoms with Crippen LogP contribution in [-0.2, 0) is 18.3 Å². The van der Waals surface area contributed by atoms with Crippen molar-refractivity contribution in [1.29, 1.82) is 0 Å². The van der Waals surface area contributed by atoms with Gasteiger partial charge in [-0.1, -0.05) is 69.3 Å². The fourth-order valence-electron chi connectivity index (χ4n) is 5.15. The van der Waals surface area contributed by atoms with Crippen LogP contribution < -0.4 is 4.90 Å². The number of anilines is 3. The van der Waals surface area contributed by atoms with Gasteiger partial charge < -0.3 is 4.90 Å². The average Bonchev–Trinajstić information content (AvgIpc) is 3.10. The summed E-state index contributed by atoms with van der Waals surface area (Å²) in [5.74, 6) is 0. The van der Waals surface area contributed by atoms with Gasteiger partial charge in [0.15, 0.2) is 0 Å². The molecule has 0 N–H and O–H groups in total. The normalized spacial score (nSPS) is 13.0. The molecule has 3 aromatic carbocycles. The lowest BCUT2D eigenvalue weighted by molar-refractivity contribution is 0.589. The van der Waals surface area contributed by atoms with Gasteiger partial charge in [0.25, 0.3) is 0 Å². The second-order valence-electron chi connectivity index (χ2n) is 10.8. The van der Waals surface area contributed by atoms with Crippen molar-refractivity contribution < 1.29 is 0 Å². The maximum absolute atomic E-state index is 4.76. The van der Waals surface area contributed by atoms with E-state index < -0.39 is 0 Å². The Kier molecular flexibility index (Phi) is 5.84. The smallest absolute Gasteiger partial charge is 0.0705 e. The molecule has 3 heterocycles. The number of hydrogen-bond acceptors (Lipinski definition) is 3. The molecule has 0 saturated heterocycles. The van der Waals surface area contributed by atoms with Gasteiger partial charge in [-0.15, -0.1) is 0 Å². The van der Waals surface area contributed by atoms with Crippen molar-refractivity contribution in [2.24, 2.45) is 0 Å². The lowest BCUT2D eigenvalue weighted by atomic mass is 9.87. The molecule has 182 valence electrons. The molecule has 2 aromatic heterocycles. The van der Waals surface area contributed by atoms with E-state index in [0.29, 0.717) is 0 Å². The molecule has 6 rings (SSSR count). The zero-order chi connectivity index (χ0) is 25.4. The van der Waals surface area contributed by atoms with Crippen LogP contribution in [0, 0.1) is 0 Å². The summed E-state index contributed by atoms with van der Waals surface area (Å²) in [5.41, 5.74) is 11.9. The van der Waals surface area contributed by atoms with E-state index in [-0.39, 0.29) is 5.41 Å². The molecule has 0 fully saturated rings. The van der Waals surface area contributed by atoms with Gasteiger partial charge in [0.05, 0.1) is 17.1 Å². The first-order valence-corrected chi connectivity index (χ1v) is 13.0. The molecule has 0 bridgehead atoms. The minimum Gasteiger partial charge on any atom is -0.310 e. The summed E-state index contributed by atoms with van der Waals surface area (Å²) in [6.07, 6.45) is 5.80. The molecule has 0 unspecified atom stereocenters. The lowest BCUT2D eigenvalue weighted by Crippen LogP contribution is -2.12. The van der Waals surface area contributed by atoms with Crippen LogP contribution in [0.2, 0.25) is 0 Å². The van der Waals surface area contributed by atoms with Gasteiger partial charge >= 0.3 is 0 Å². The minimum atomic E-state index is 0.0697. The SMILES string of the molecule is CC(C)(C)c1ccnc(-c2ccc3c(c2)N(c2cccc(-c4ccccn4)c2)c2ccccc2CC3)c1. The zero-order valence-corrected chi connectivity index (χ0v) is 21.6. The standard InChI is InChI=1S/C34H31N3/c1-34(2,3)28-18-20-36-31(23-28)27-17-16-25-15-14-24-9-4-5-13-32(24)37(33(25)22-27)29-11-8-10-26(21-29)30-12-6-7-19-35-30/h4-13,16-23H,14-15H2,1-3H3. The second kappa shape index (κ2) is 9.33. The molecule has 0 amide bonds. The molecule has 5 aromatic rings. The summed E-state index contributed by atoms with van der Waals surface area (Å²) >= 11 is 0. The van der Waals surface area contributed by atoms with Crippen molar-refractivity contribution in [3.8, 4) is 22.5 Å². The largest absolute Gasteiger partial charge is 0.310 e. The predicted octanol–water partition coefficient (Wildman–Crippen LogP) is 8.68. The van der Waals surface area contributed by atoms with E-state index in [9.17, 15) is 0 Å². The summed E-state index contributed by atoms with van der Waals surface area (Å²) in [6, 6.07) is 34.7. The molecule has 3 nitrogen and oxygen atoms in total. The highest BCUT2D eigenvalue weighted by Gasteiger charge is 2.23. The number of aryl methyl sites for hydroxylation is 2. The third kappa shape index (κ3) is 4.53. The van der Waals surface area contributed by atoms with Gasteiger partial charge in [0.1, 0.15) is 0 Å². The molecule has 3 heteroatoms. The number of rotatable bonds is 3. The molecular formula is C34H31N3. The summed E-state index contributed by atoms with van der Waals surface area (Å²) in [4.78, 5) is 11.8. The van der Waals surface area contributed by atoms with E-state index in [0.717, 1.165) is 41.0 Å². The Balaban J connectivity index is 1.53. The number of para-hydroxylation sites is 1. The second-order valence-corrected chi connectivity index (χ2v) is 10.8. The molecule has 1 aliphatic heterocycles. The van der Waals surface area contributed by atoms with E-state index in [2.05, 4.69) is 116 Å². The summed E-state index contributed by atoms with van der Waals surface area (Å²) in [7, 11) is 0. The van der Waals surface area contributed by atoms with Crippen molar-refractivity contribution >= 4 is 17.1 Å². The van der Waals surface area contributed by atoms with Gasteiger partial charge in [0.2, 0.25) is 0 Å². The van der Waals surface area contributed by atoms with Gasteiger partial charge in [-0.2, -0.15) is 0 Å². The minimum absolute atomic E-state index is 0.0697. The van der Waals surface area contributed by atoms with Gasteiger partial charge in [-0.05, 0) is 83.5 Å². The van der Waals surface area contributed by atoms with Crippen molar-refractivity contribution in [3.05, 3.63) is 126 Å². The van der Waals surface area contributed by atoms with Crippen molar-refractivity contribution in [3.63, 3.8) is 0 Å². The topological polar surface area (TPSA) is 29.0 Å². The molecule has 1 aliphatic rings. The van der Waals surface area contributed by atoms with E-state index in [1.807, 2.05) is 24.5 Å². The van der Waals surface area contributed by atoms with Crippen molar-refractivity contribution in [2.75, 3.05) is 4.90 Å². The first-order valence-electron chi connectivity index (χ1n) is 13.0. The van der Waals surface area contributed by atoms with Crippen molar-refractivity contribution in [1.82, 2.24) is 9.97 Å². The molecule has 0 atom stereocenters. The summed E-state index contributed by atoms with van der Waals surface area (Å²) in [5, 5.41) is 0. The van der Waals surface area contributed by atoms with Gasteiger partial charge in [-0.25, -0.2) is 0 Å². The molecule has 0 saturated carbocycles. The van der Waals surface area contributed by atoms with Crippen LogP contribution in [0.3, 0.4) is 0 Å². The number of pyridine rings is 2. The van der Waals surface area contributed by atoms with Crippen LogP contribution in [0.4, 0.5) is 17.1 Å². The quantitative estimate of drug-likeness (QED) is 0.258. The fourth-order valence-corrected chi connectivity index (χ4v) is 5.15. The summed E-state index contributed by atoms with van der Waals surface area (Å²) in [6.45, 7) is 6.74. The van der Waals surface area contributed by atoms with Gasteiger partial charge in [0, 0.05) is 34.9 Å². The Labute approximate surface area is 219 Å². The lowest BCUT2D eigenvalue weighted by Gasteiger charge is -2.28. The van der Waals surface area contributed by atoms with E-state index in [1.165, 1.54) is 28.1 Å². The van der Waals surface area contributed by atoms with Crippen LogP contribution in [0.15, 0.2) is 109 Å². The van der Waals surface area contributed by atoms with E-state index in [4.69, 9.17) is 4.98 Å². The third-order valence-electron chi connectivity index (χ3n) is 7.21. The van der Waals surface area contributed by atoms with Crippen LogP contribution in [-0.4, -0.2) is 9.97 Å². The van der Waals surface area contributed by atoms with Crippen LogP contribution in [0.25, 0.3) is 22.5 Å². The Morgan fingerprint density at radius 3 is 2.16 bits per heavy atom. The Morgan fingerprint density at radius 2 is 1.35 bits per heavy atom. The Morgan fingerprint density at radius 1 is 0.595 bits per heavy atom. The highest BCUT2D eigenvalue weighted by molar-refractivity contribution is 5.85. The van der Waals surface area contributed by atoms with E-state index in [1.54, 1.807) is 0 Å². The predicted molar refractivity (Wildman–Crippen MR) is 154 cm³/mol. The van der Waals surface area contributed by atoms with E-state index >= 15 is 0 Å². The van der Waals surface area contributed by atoms with Gasteiger partial charge in [-0.3, -0.25) is 9.97 Å². The maximum Gasteiger partial charge on any atom is 0.0705 e. The first kappa shape index (κ1) is 23.2. The fraction of sp³-hybridized carbons (Fsp3) is 0.176. The Hall–Kier alpha value is -4.24. The number of hydrogen-bond donors (Lipinski definition) is 0. The number of fused-ring (bicyclic) bond motifs is 2. The molecule has 0 aliphatic carbocycles. The summed E-state index contributed by atoms with van der Waals surface area (Å²) < 4.78 is 0. The van der Waals surface area contributed by atoms with Crippen LogP contribution in [0.1, 0.15) is 37.5 Å². The Bertz CT molecular complexity index is 1560. The van der Waals surface area contributed by atoms with Crippen LogP contribution >= 0.6 is 0 Å². The van der Waals surface area contributed by atoms with Crippen LogP contribution in [0.5, 0.6) is 0 Å². The molecule has 37 heavy (non-hydrogen) atoms. The molecular weight excluding hydrogens is 450 g/mol. The maximum atomic E-state index is 4.76. The molecule has 0 radical (unpaired) electrons. The highest BCUT2D eigenvalue weighted by atomic mass is 15.1. The molecule has 0 spiro atoms. The number of benzene rings is 3. The average molecular weight is 482 g/mol. The number of nitrogens with zero attached hydrogens (tertiary/aromatic N) is 3. The third-order valence-corrected chi connectivity index (χ3v) is 7.21. The monoisotopic (exact) mass is 481 g/mol.